The Labute approximate surface area is 181 Å². The summed E-state index contributed by atoms with van der Waals surface area (Å²) in [6, 6.07) is 17.1. The van der Waals surface area contributed by atoms with Crippen molar-refractivity contribution in [3.63, 3.8) is 0 Å². The van der Waals surface area contributed by atoms with Crippen molar-refractivity contribution in [3.05, 3.63) is 65.2 Å². The molecule has 30 heavy (non-hydrogen) atoms. The molecule has 2 heteroatoms. The average Bonchev–Trinajstić information content (AvgIpc) is 2.81. The van der Waals surface area contributed by atoms with E-state index in [1.165, 1.54) is 101 Å². The van der Waals surface area contributed by atoms with E-state index >= 15 is 0 Å². The molecule has 2 fully saturated rings. The van der Waals surface area contributed by atoms with Crippen molar-refractivity contribution >= 4 is 5.57 Å². The van der Waals surface area contributed by atoms with Crippen molar-refractivity contribution in [1.29, 1.82) is 0 Å². The molecule has 0 atom stereocenters. The summed E-state index contributed by atoms with van der Waals surface area (Å²) in [6.45, 7) is 3.69. The van der Waals surface area contributed by atoms with Crippen molar-refractivity contribution in [1.82, 2.24) is 4.90 Å². The lowest BCUT2D eigenvalue weighted by Crippen LogP contribution is -2.32. The third-order valence-electron chi connectivity index (χ3n) is 7.41. The van der Waals surface area contributed by atoms with E-state index in [-0.39, 0.29) is 0 Å². The maximum absolute atomic E-state index is 6.19. The summed E-state index contributed by atoms with van der Waals surface area (Å²) < 4.78 is 6.19. The molecule has 1 saturated carbocycles. The van der Waals surface area contributed by atoms with Gasteiger partial charge in [-0.3, -0.25) is 0 Å². The lowest BCUT2D eigenvalue weighted by Gasteiger charge is -2.32. The van der Waals surface area contributed by atoms with Crippen LogP contribution in [0.3, 0.4) is 0 Å². The number of benzene rings is 2. The quantitative estimate of drug-likeness (QED) is 0.412. The highest BCUT2D eigenvalue weighted by Crippen LogP contribution is 2.46. The molecule has 0 bridgehead atoms. The zero-order chi connectivity index (χ0) is 20.2. The molecule has 1 saturated heterocycles. The van der Waals surface area contributed by atoms with Crippen LogP contribution in [0.2, 0.25) is 0 Å². The molecule has 2 aromatic carbocycles. The van der Waals surface area contributed by atoms with Crippen LogP contribution in [0.1, 0.15) is 75.3 Å². The van der Waals surface area contributed by atoms with E-state index in [1.807, 2.05) is 0 Å². The second-order valence-corrected chi connectivity index (χ2v) is 9.41. The number of para-hydroxylation sites is 2. The molecule has 0 unspecified atom stereocenters. The summed E-state index contributed by atoms with van der Waals surface area (Å²) in [5.74, 6) is 3.04. The fourth-order valence-electron chi connectivity index (χ4n) is 5.71. The number of nitrogens with zero attached hydrogens (tertiary/aromatic N) is 1. The van der Waals surface area contributed by atoms with Gasteiger partial charge in [0.2, 0.25) is 0 Å². The number of unbranched alkanes of at least 4 members (excludes halogenated alkanes) is 1. The zero-order valence-corrected chi connectivity index (χ0v) is 18.2. The number of fused-ring (bicyclic) bond motifs is 2. The van der Waals surface area contributed by atoms with Gasteiger partial charge in [0, 0.05) is 24.2 Å². The number of likely N-dealkylation sites (tertiary alicyclic amines) is 1. The Kier molecular flexibility index (Phi) is 6.22. The summed E-state index contributed by atoms with van der Waals surface area (Å²) in [4.78, 5) is 2.70. The van der Waals surface area contributed by atoms with E-state index in [0.717, 1.165) is 17.4 Å². The van der Waals surface area contributed by atoms with E-state index < -0.39 is 0 Å². The number of piperidine rings is 1. The minimum atomic E-state index is 1.00. The lowest BCUT2D eigenvalue weighted by atomic mass is 9.85. The molecule has 3 aliphatic rings. The largest absolute Gasteiger partial charge is 0.456 e. The van der Waals surface area contributed by atoms with Crippen LogP contribution < -0.4 is 4.74 Å². The first-order valence-electron chi connectivity index (χ1n) is 12.2. The first kappa shape index (κ1) is 19.9. The van der Waals surface area contributed by atoms with Gasteiger partial charge in [-0.1, -0.05) is 86.9 Å². The van der Waals surface area contributed by atoms with Gasteiger partial charge in [-0.15, -0.1) is 0 Å². The number of hydrogen-bond donors (Lipinski definition) is 0. The highest BCUT2D eigenvalue weighted by molar-refractivity contribution is 5.89. The molecule has 0 amide bonds. The first-order chi connectivity index (χ1) is 14.9. The van der Waals surface area contributed by atoms with Crippen LogP contribution in [0, 0.1) is 5.92 Å². The summed E-state index contributed by atoms with van der Waals surface area (Å²) in [5.41, 5.74) is 5.58. The minimum Gasteiger partial charge on any atom is -0.456 e. The van der Waals surface area contributed by atoms with Crippen molar-refractivity contribution < 1.29 is 4.74 Å². The van der Waals surface area contributed by atoms with Crippen LogP contribution in [0.15, 0.2) is 54.1 Å². The van der Waals surface area contributed by atoms with Crippen molar-refractivity contribution in [3.8, 4) is 11.5 Å². The third kappa shape index (κ3) is 4.34. The van der Waals surface area contributed by atoms with Gasteiger partial charge >= 0.3 is 0 Å². The van der Waals surface area contributed by atoms with Gasteiger partial charge in [0.1, 0.15) is 11.5 Å². The Balaban J connectivity index is 1.22. The van der Waals surface area contributed by atoms with E-state index in [1.54, 1.807) is 5.57 Å². The molecule has 5 rings (SSSR count). The Morgan fingerprint density at radius 3 is 2.07 bits per heavy atom. The third-order valence-corrected chi connectivity index (χ3v) is 7.41. The highest BCUT2D eigenvalue weighted by Gasteiger charge is 2.26. The van der Waals surface area contributed by atoms with Gasteiger partial charge in [-0.25, -0.2) is 0 Å². The number of hydrogen-bond acceptors (Lipinski definition) is 2. The monoisotopic (exact) mass is 401 g/mol. The van der Waals surface area contributed by atoms with Gasteiger partial charge in [0.15, 0.2) is 0 Å². The fraction of sp³-hybridized carbons (Fsp3) is 0.500. The molecule has 2 nitrogen and oxygen atoms in total. The molecule has 2 aromatic rings. The molecule has 0 radical (unpaired) electrons. The normalized spacial score (nSPS) is 19.9. The average molecular weight is 402 g/mol. The summed E-state index contributed by atoms with van der Waals surface area (Å²) in [5, 5.41) is 0. The van der Waals surface area contributed by atoms with Gasteiger partial charge in [0.05, 0.1) is 0 Å². The second-order valence-electron chi connectivity index (χ2n) is 9.41. The molecule has 0 spiro atoms. The van der Waals surface area contributed by atoms with Crippen LogP contribution in [-0.4, -0.2) is 24.5 Å². The Bertz CT molecular complexity index is 836. The Hall–Kier alpha value is -2.06. The van der Waals surface area contributed by atoms with Crippen LogP contribution >= 0.6 is 0 Å². The zero-order valence-electron chi connectivity index (χ0n) is 18.2. The van der Waals surface area contributed by atoms with E-state index in [9.17, 15) is 0 Å². The highest BCUT2D eigenvalue weighted by atomic mass is 16.5. The molecule has 2 heterocycles. The second kappa shape index (κ2) is 9.39. The first-order valence-corrected chi connectivity index (χ1v) is 12.2. The smallest absolute Gasteiger partial charge is 0.135 e. The molecule has 0 aromatic heterocycles. The molecular formula is C28H35NO. The molecule has 1 aliphatic carbocycles. The Morgan fingerprint density at radius 2 is 1.40 bits per heavy atom. The maximum Gasteiger partial charge on any atom is 0.135 e. The van der Waals surface area contributed by atoms with Crippen LogP contribution in [0.4, 0.5) is 0 Å². The van der Waals surface area contributed by atoms with Crippen molar-refractivity contribution in [2.75, 3.05) is 19.6 Å². The molecular weight excluding hydrogens is 366 g/mol. The minimum absolute atomic E-state index is 1.00. The van der Waals surface area contributed by atoms with E-state index in [0.29, 0.717) is 0 Å². The predicted octanol–water partition coefficient (Wildman–Crippen LogP) is 7.44. The van der Waals surface area contributed by atoms with Gasteiger partial charge < -0.3 is 9.64 Å². The van der Waals surface area contributed by atoms with E-state index in [4.69, 9.17) is 4.74 Å². The summed E-state index contributed by atoms with van der Waals surface area (Å²) in [7, 11) is 0. The topological polar surface area (TPSA) is 12.5 Å². The number of ether oxygens (including phenoxy) is 1. The fourth-order valence-corrected chi connectivity index (χ4v) is 5.71. The SMILES string of the molecule is c1ccc2c(c1)Oc1ccccc1C2=C1CCN(CCCCC2CCCCC2)CC1. The van der Waals surface area contributed by atoms with Gasteiger partial charge in [-0.05, 0) is 49.4 Å². The predicted molar refractivity (Wildman–Crippen MR) is 125 cm³/mol. The summed E-state index contributed by atoms with van der Waals surface area (Å²) in [6.07, 6.45) is 14.0. The van der Waals surface area contributed by atoms with Crippen LogP contribution in [0.25, 0.3) is 5.57 Å². The standard InChI is InChI=1S/C28H35NO/c1-2-10-22(11-3-1)12-8-9-19-29-20-17-23(18-21-29)28-24-13-4-6-15-26(24)30-27-16-7-5-14-25(27)28/h4-7,13-16,22H,1-3,8-12,17-21H2. The van der Waals surface area contributed by atoms with Crippen molar-refractivity contribution in [2.24, 2.45) is 5.92 Å². The molecule has 0 N–H and O–H groups in total. The lowest BCUT2D eigenvalue weighted by molar-refractivity contribution is 0.244. The molecule has 2 aliphatic heterocycles. The van der Waals surface area contributed by atoms with E-state index in [2.05, 4.69) is 53.4 Å². The Morgan fingerprint density at radius 1 is 0.767 bits per heavy atom. The maximum atomic E-state index is 6.19. The molecule has 158 valence electrons. The van der Waals surface area contributed by atoms with Gasteiger partial charge in [0.25, 0.3) is 0 Å². The van der Waals surface area contributed by atoms with Gasteiger partial charge in [-0.2, -0.15) is 0 Å². The number of rotatable bonds is 5. The van der Waals surface area contributed by atoms with Crippen LogP contribution in [-0.2, 0) is 0 Å². The van der Waals surface area contributed by atoms with Crippen molar-refractivity contribution in [2.45, 2.75) is 64.2 Å². The van der Waals surface area contributed by atoms with Crippen LogP contribution in [0.5, 0.6) is 11.5 Å². The summed E-state index contributed by atoms with van der Waals surface area (Å²) >= 11 is 0.